The van der Waals surface area contributed by atoms with E-state index in [1.54, 1.807) is 0 Å². The molecule has 0 radical (unpaired) electrons. The van der Waals surface area contributed by atoms with Crippen molar-refractivity contribution in [3.63, 3.8) is 0 Å². The van der Waals surface area contributed by atoms with Crippen molar-refractivity contribution in [1.29, 1.82) is 0 Å². The molecular formula is C14H23N3O. The van der Waals surface area contributed by atoms with E-state index in [0.717, 1.165) is 6.54 Å². The van der Waals surface area contributed by atoms with Gasteiger partial charge in [0, 0.05) is 19.6 Å². The topological polar surface area (TPSA) is 49.6 Å². The van der Waals surface area contributed by atoms with E-state index < -0.39 is 0 Å². The first-order valence-corrected chi connectivity index (χ1v) is 6.21. The predicted molar refractivity (Wildman–Crippen MR) is 74.2 cm³/mol. The summed E-state index contributed by atoms with van der Waals surface area (Å²) < 4.78 is 0. The third kappa shape index (κ3) is 4.47. The van der Waals surface area contributed by atoms with Crippen LogP contribution < -0.4 is 5.73 Å². The molecule has 0 unspecified atom stereocenters. The van der Waals surface area contributed by atoms with Gasteiger partial charge in [-0.2, -0.15) is 0 Å². The monoisotopic (exact) mass is 249 g/mol. The summed E-state index contributed by atoms with van der Waals surface area (Å²) in [7, 11) is 4.00. The van der Waals surface area contributed by atoms with Crippen LogP contribution in [0.4, 0.5) is 0 Å². The molecule has 0 aromatic heterocycles. The molecule has 100 valence electrons. The van der Waals surface area contributed by atoms with Crippen molar-refractivity contribution < 1.29 is 4.79 Å². The number of benzene rings is 1. The average molecular weight is 249 g/mol. The molecule has 4 heteroatoms. The maximum absolute atomic E-state index is 11.8. The zero-order chi connectivity index (χ0) is 13.5. The van der Waals surface area contributed by atoms with Crippen LogP contribution in [0.15, 0.2) is 24.3 Å². The van der Waals surface area contributed by atoms with Gasteiger partial charge in [0.15, 0.2) is 0 Å². The van der Waals surface area contributed by atoms with Crippen molar-refractivity contribution in [3.05, 3.63) is 35.4 Å². The van der Waals surface area contributed by atoms with Crippen LogP contribution in [-0.2, 0) is 11.3 Å². The van der Waals surface area contributed by atoms with Gasteiger partial charge < -0.3 is 15.5 Å². The summed E-state index contributed by atoms with van der Waals surface area (Å²) in [6.45, 7) is 4.32. The van der Waals surface area contributed by atoms with Gasteiger partial charge in [0.2, 0.25) is 5.91 Å². The summed E-state index contributed by atoms with van der Waals surface area (Å²) in [5.41, 5.74) is 7.85. The molecular weight excluding hydrogens is 226 g/mol. The Morgan fingerprint density at radius 2 is 1.89 bits per heavy atom. The van der Waals surface area contributed by atoms with E-state index in [2.05, 4.69) is 24.0 Å². The van der Waals surface area contributed by atoms with Crippen LogP contribution >= 0.6 is 0 Å². The van der Waals surface area contributed by atoms with E-state index in [9.17, 15) is 4.79 Å². The molecule has 0 aliphatic rings. The number of hydrogen-bond acceptors (Lipinski definition) is 3. The molecule has 2 N–H and O–H groups in total. The van der Waals surface area contributed by atoms with Crippen molar-refractivity contribution in [2.45, 2.75) is 13.5 Å². The third-order valence-corrected chi connectivity index (χ3v) is 2.97. The maximum atomic E-state index is 11.8. The molecule has 1 aromatic rings. The molecule has 0 heterocycles. The number of carbonyl (C=O) groups is 1. The summed E-state index contributed by atoms with van der Waals surface area (Å²) in [6.07, 6.45) is 0. The highest BCUT2D eigenvalue weighted by Gasteiger charge is 2.13. The van der Waals surface area contributed by atoms with Crippen molar-refractivity contribution in [3.8, 4) is 0 Å². The molecule has 0 aliphatic carbocycles. The SMILES string of the molecule is Cc1ccccc1CN(CCN(C)C)C(=O)CN. The highest BCUT2D eigenvalue weighted by molar-refractivity contribution is 5.78. The van der Waals surface area contributed by atoms with Gasteiger partial charge in [0.25, 0.3) is 0 Å². The standard InChI is InChI=1S/C14H23N3O/c1-12-6-4-5-7-13(12)11-17(14(18)10-15)9-8-16(2)3/h4-7H,8-11,15H2,1-3H3. The number of nitrogens with two attached hydrogens (primary N) is 1. The first kappa shape index (κ1) is 14.7. The molecule has 0 spiro atoms. The number of amides is 1. The van der Waals surface area contributed by atoms with E-state index in [1.807, 2.05) is 31.1 Å². The summed E-state index contributed by atoms with van der Waals surface area (Å²) in [4.78, 5) is 15.7. The highest BCUT2D eigenvalue weighted by atomic mass is 16.2. The lowest BCUT2D eigenvalue weighted by atomic mass is 10.1. The van der Waals surface area contributed by atoms with Gasteiger partial charge in [-0.1, -0.05) is 24.3 Å². The van der Waals surface area contributed by atoms with Gasteiger partial charge in [-0.3, -0.25) is 4.79 Å². The Hall–Kier alpha value is -1.39. The molecule has 0 aliphatic heterocycles. The maximum Gasteiger partial charge on any atom is 0.236 e. The summed E-state index contributed by atoms with van der Waals surface area (Å²) in [5.74, 6) is 0.0000954. The molecule has 0 bridgehead atoms. The van der Waals surface area contributed by atoms with E-state index in [-0.39, 0.29) is 12.5 Å². The second-order valence-corrected chi connectivity index (χ2v) is 4.75. The zero-order valence-corrected chi connectivity index (χ0v) is 11.5. The number of hydrogen-bond donors (Lipinski definition) is 1. The Morgan fingerprint density at radius 1 is 1.22 bits per heavy atom. The minimum absolute atomic E-state index is 0.0000954. The quantitative estimate of drug-likeness (QED) is 0.813. The molecule has 18 heavy (non-hydrogen) atoms. The van der Waals surface area contributed by atoms with Crippen molar-refractivity contribution in [1.82, 2.24) is 9.80 Å². The number of likely N-dealkylation sites (N-methyl/N-ethyl adjacent to an activating group) is 1. The Labute approximate surface area is 109 Å². The van der Waals surface area contributed by atoms with Gasteiger partial charge in [0.05, 0.1) is 6.54 Å². The zero-order valence-electron chi connectivity index (χ0n) is 11.5. The summed E-state index contributed by atoms with van der Waals surface area (Å²) >= 11 is 0. The van der Waals surface area contributed by atoms with Gasteiger partial charge in [-0.25, -0.2) is 0 Å². The van der Waals surface area contributed by atoms with Gasteiger partial charge in [0.1, 0.15) is 0 Å². The normalized spacial score (nSPS) is 10.7. The highest BCUT2D eigenvalue weighted by Crippen LogP contribution is 2.10. The fraction of sp³-hybridized carbons (Fsp3) is 0.500. The van der Waals surface area contributed by atoms with Crippen LogP contribution in [0.3, 0.4) is 0 Å². The predicted octanol–water partition coefficient (Wildman–Crippen LogP) is 0.844. The molecule has 1 amide bonds. The lowest BCUT2D eigenvalue weighted by molar-refractivity contribution is -0.130. The van der Waals surface area contributed by atoms with Crippen LogP contribution in [0.5, 0.6) is 0 Å². The van der Waals surface area contributed by atoms with Crippen molar-refractivity contribution >= 4 is 5.91 Å². The Kier molecular flexibility index (Phi) is 5.82. The average Bonchev–Trinajstić information content (AvgIpc) is 2.35. The lowest BCUT2D eigenvalue weighted by Gasteiger charge is -2.24. The van der Waals surface area contributed by atoms with E-state index in [1.165, 1.54) is 11.1 Å². The largest absolute Gasteiger partial charge is 0.336 e. The first-order chi connectivity index (χ1) is 8.54. The van der Waals surface area contributed by atoms with Crippen LogP contribution in [0.1, 0.15) is 11.1 Å². The lowest BCUT2D eigenvalue weighted by Crippen LogP contribution is -2.39. The molecule has 4 nitrogen and oxygen atoms in total. The van der Waals surface area contributed by atoms with Gasteiger partial charge in [-0.05, 0) is 32.1 Å². The fourth-order valence-corrected chi connectivity index (χ4v) is 1.73. The van der Waals surface area contributed by atoms with Crippen LogP contribution in [0, 0.1) is 6.92 Å². The molecule has 0 saturated heterocycles. The Balaban J connectivity index is 2.72. The fourth-order valence-electron chi connectivity index (χ4n) is 1.73. The molecule has 1 rings (SSSR count). The second-order valence-electron chi connectivity index (χ2n) is 4.75. The van der Waals surface area contributed by atoms with E-state index >= 15 is 0 Å². The number of aryl methyl sites for hydroxylation is 1. The summed E-state index contributed by atoms with van der Waals surface area (Å²) in [5, 5.41) is 0. The second kappa shape index (κ2) is 7.13. The smallest absolute Gasteiger partial charge is 0.236 e. The molecule has 1 aromatic carbocycles. The minimum atomic E-state index is 0.0000954. The van der Waals surface area contributed by atoms with Gasteiger partial charge in [-0.15, -0.1) is 0 Å². The van der Waals surface area contributed by atoms with Crippen LogP contribution in [0.2, 0.25) is 0 Å². The molecule has 0 fully saturated rings. The van der Waals surface area contributed by atoms with E-state index in [4.69, 9.17) is 5.73 Å². The molecule has 0 saturated carbocycles. The number of rotatable bonds is 6. The van der Waals surface area contributed by atoms with Crippen LogP contribution in [-0.4, -0.2) is 49.4 Å². The first-order valence-electron chi connectivity index (χ1n) is 6.21. The molecule has 0 atom stereocenters. The minimum Gasteiger partial charge on any atom is -0.336 e. The Bertz CT molecular complexity index is 390. The third-order valence-electron chi connectivity index (χ3n) is 2.97. The van der Waals surface area contributed by atoms with Gasteiger partial charge >= 0.3 is 0 Å². The number of nitrogens with zero attached hydrogens (tertiary/aromatic N) is 2. The van der Waals surface area contributed by atoms with Crippen LogP contribution in [0.25, 0.3) is 0 Å². The van der Waals surface area contributed by atoms with E-state index in [0.29, 0.717) is 13.1 Å². The summed E-state index contributed by atoms with van der Waals surface area (Å²) in [6, 6.07) is 8.13. The van der Waals surface area contributed by atoms with Crippen molar-refractivity contribution in [2.24, 2.45) is 5.73 Å². The number of carbonyl (C=O) groups excluding carboxylic acids is 1. The Morgan fingerprint density at radius 3 is 2.44 bits per heavy atom. The van der Waals surface area contributed by atoms with Crippen molar-refractivity contribution in [2.75, 3.05) is 33.7 Å².